The van der Waals surface area contributed by atoms with Crippen molar-refractivity contribution in [3.05, 3.63) is 68.9 Å². The molecular formula is C25H31N5O4. The van der Waals surface area contributed by atoms with Crippen molar-refractivity contribution in [1.82, 2.24) is 14.5 Å². The number of nitrogen functional groups attached to an aromatic ring is 1. The molecule has 0 saturated carbocycles. The maximum atomic E-state index is 13.3. The van der Waals surface area contributed by atoms with E-state index in [2.05, 4.69) is 5.32 Å². The fourth-order valence-corrected chi connectivity index (χ4v) is 4.36. The SMILES string of the molecule is CCCn1c(N)c(N2CCOCC2)c(=O)n(CC(=O)N[C@H](C)c2ccc3ccccc3c2)c1=O. The van der Waals surface area contributed by atoms with Gasteiger partial charge in [0, 0.05) is 19.6 Å². The topological polar surface area (TPSA) is 112 Å². The molecule has 9 heteroatoms. The smallest absolute Gasteiger partial charge is 0.333 e. The van der Waals surface area contributed by atoms with Crippen molar-refractivity contribution in [2.45, 2.75) is 39.4 Å². The number of hydrogen-bond acceptors (Lipinski definition) is 6. The molecule has 4 rings (SSSR count). The van der Waals surface area contributed by atoms with Gasteiger partial charge in [-0.3, -0.25) is 14.2 Å². The van der Waals surface area contributed by atoms with Gasteiger partial charge in [-0.2, -0.15) is 0 Å². The summed E-state index contributed by atoms with van der Waals surface area (Å²) in [6.07, 6.45) is 0.663. The van der Waals surface area contributed by atoms with Crippen LogP contribution in [0.15, 0.2) is 52.1 Å². The molecule has 3 aromatic rings. The summed E-state index contributed by atoms with van der Waals surface area (Å²) in [5.41, 5.74) is 6.34. The number of rotatable bonds is 7. The summed E-state index contributed by atoms with van der Waals surface area (Å²) in [6, 6.07) is 13.7. The van der Waals surface area contributed by atoms with Crippen LogP contribution in [-0.4, -0.2) is 41.3 Å². The lowest BCUT2D eigenvalue weighted by atomic mass is 10.0. The summed E-state index contributed by atoms with van der Waals surface area (Å²) in [5.74, 6) is -0.277. The van der Waals surface area contributed by atoms with E-state index in [0.29, 0.717) is 39.3 Å². The van der Waals surface area contributed by atoms with Crippen LogP contribution in [0.2, 0.25) is 0 Å². The highest BCUT2D eigenvalue weighted by Gasteiger charge is 2.24. The molecule has 1 atom stereocenters. The highest BCUT2D eigenvalue weighted by molar-refractivity contribution is 5.83. The molecule has 1 saturated heterocycles. The first-order chi connectivity index (χ1) is 16.4. The summed E-state index contributed by atoms with van der Waals surface area (Å²) in [4.78, 5) is 41.2. The van der Waals surface area contributed by atoms with E-state index in [-0.39, 0.29) is 24.1 Å². The normalized spacial score (nSPS) is 14.8. The van der Waals surface area contributed by atoms with Gasteiger partial charge in [0.2, 0.25) is 5.91 Å². The van der Waals surface area contributed by atoms with Crippen molar-refractivity contribution in [2.75, 3.05) is 36.9 Å². The molecule has 9 nitrogen and oxygen atoms in total. The Kier molecular flexibility index (Phi) is 7.02. The lowest BCUT2D eigenvalue weighted by molar-refractivity contribution is -0.122. The standard InChI is InChI=1S/C25H31N5O4/c1-3-10-29-23(26)22(28-11-13-34-14-12-28)24(32)30(25(29)33)16-21(31)27-17(2)19-9-8-18-6-4-5-7-20(18)15-19/h4-9,15,17H,3,10-14,16,26H2,1-2H3,(H,27,31)/t17-/m1/s1. The number of aromatic nitrogens is 2. The molecule has 0 unspecified atom stereocenters. The third-order valence-corrected chi connectivity index (χ3v) is 6.17. The second kappa shape index (κ2) is 10.1. The van der Waals surface area contributed by atoms with E-state index in [1.54, 1.807) is 0 Å². The lowest BCUT2D eigenvalue weighted by Gasteiger charge is -2.30. The molecule has 180 valence electrons. The summed E-state index contributed by atoms with van der Waals surface area (Å²) in [6.45, 7) is 5.71. The minimum absolute atomic E-state index is 0.139. The molecule has 0 aliphatic carbocycles. The number of ether oxygens (including phenoxy) is 1. The number of nitrogens with two attached hydrogens (primary N) is 1. The van der Waals surface area contributed by atoms with Crippen LogP contribution >= 0.6 is 0 Å². The second-order valence-electron chi connectivity index (χ2n) is 8.55. The van der Waals surface area contributed by atoms with Gasteiger partial charge in [0.05, 0.1) is 19.3 Å². The van der Waals surface area contributed by atoms with Gasteiger partial charge in [0.15, 0.2) is 0 Å². The van der Waals surface area contributed by atoms with Gasteiger partial charge >= 0.3 is 5.69 Å². The average Bonchev–Trinajstić information content (AvgIpc) is 2.85. The van der Waals surface area contributed by atoms with E-state index < -0.39 is 17.2 Å². The van der Waals surface area contributed by atoms with Gasteiger partial charge in [-0.05, 0) is 35.7 Å². The van der Waals surface area contributed by atoms with Crippen molar-refractivity contribution < 1.29 is 9.53 Å². The Morgan fingerprint density at radius 1 is 1.09 bits per heavy atom. The zero-order valence-corrected chi connectivity index (χ0v) is 19.6. The van der Waals surface area contributed by atoms with Crippen molar-refractivity contribution in [3.63, 3.8) is 0 Å². The Balaban J connectivity index is 1.61. The Hall–Kier alpha value is -3.59. The largest absolute Gasteiger partial charge is 0.383 e. The average molecular weight is 466 g/mol. The van der Waals surface area contributed by atoms with Crippen LogP contribution in [-0.2, 0) is 22.6 Å². The number of nitrogens with one attached hydrogen (secondary N) is 1. The predicted molar refractivity (Wildman–Crippen MR) is 133 cm³/mol. The Labute approximate surface area is 197 Å². The van der Waals surface area contributed by atoms with Crippen LogP contribution in [0.3, 0.4) is 0 Å². The number of carbonyl (C=O) groups is 1. The van der Waals surface area contributed by atoms with Crippen LogP contribution < -0.4 is 27.2 Å². The Bertz CT molecular complexity index is 1310. The number of nitrogens with zero attached hydrogens (tertiary/aromatic N) is 3. The first-order valence-electron chi connectivity index (χ1n) is 11.6. The van der Waals surface area contributed by atoms with Crippen LogP contribution in [0.4, 0.5) is 11.5 Å². The zero-order valence-electron chi connectivity index (χ0n) is 19.6. The van der Waals surface area contributed by atoms with E-state index in [9.17, 15) is 14.4 Å². The third kappa shape index (κ3) is 4.70. The molecule has 1 fully saturated rings. The minimum Gasteiger partial charge on any atom is -0.383 e. The molecule has 1 aliphatic rings. The number of benzene rings is 2. The lowest BCUT2D eigenvalue weighted by Crippen LogP contribution is -2.49. The molecule has 1 aromatic heterocycles. The Morgan fingerprint density at radius 3 is 2.50 bits per heavy atom. The predicted octanol–water partition coefficient (Wildman–Crippen LogP) is 1.87. The van der Waals surface area contributed by atoms with Gasteiger partial charge in [-0.1, -0.05) is 43.3 Å². The van der Waals surface area contributed by atoms with E-state index in [4.69, 9.17) is 10.5 Å². The molecular weight excluding hydrogens is 434 g/mol. The number of carbonyl (C=O) groups excluding carboxylic acids is 1. The molecule has 0 radical (unpaired) electrons. The summed E-state index contributed by atoms with van der Waals surface area (Å²) < 4.78 is 7.75. The molecule has 2 aromatic carbocycles. The molecule has 0 bridgehead atoms. The van der Waals surface area contributed by atoms with Gasteiger partial charge < -0.3 is 20.7 Å². The van der Waals surface area contributed by atoms with Gasteiger partial charge in [-0.25, -0.2) is 9.36 Å². The molecule has 2 heterocycles. The summed E-state index contributed by atoms with van der Waals surface area (Å²) >= 11 is 0. The van der Waals surface area contributed by atoms with Crippen LogP contribution in [0.25, 0.3) is 10.8 Å². The molecule has 3 N–H and O–H groups in total. The maximum Gasteiger partial charge on any atom is 0.333 e. The van der Waals surface area contributed by atoms with Crippen molar-refractivity contribution >= 4 is 28.2 Å². The quantitative estimate of drug-likeness (QED) is 0.551. The van der Waals surface area contributed by atoms with E-state index in [1.165, 1.54) is 4.57 Å². The summed E-state index contributed by atoms with van der Waals surface area (Å²) in [7, 11) is 0. The van der Waals surface area contributed by atoms with Crippen molar-refractivity contribution in [1.29, 1.82) is 0 Å². The second-order valence-corrected chi connectivity index (χ2v) is 8.55. The van der Waals surface area contributed by atoms with Crippen LogP contribution in [0.1, 0.15) is 31.9 Å². The fraction of sp³-hybridized carbons (Fsp3) is 0.400. The number of hydrogen-bond donors (Lipinski definition) is 2. The number of anilines is 2. The highest BCUT2D eigenvalue weighted by Crippen LogP contribution is 2.21. The first-order valence-corrected chi connectivity index (χ1v) is 11.6. The maximum absolute atomic E-state index is 13.3. The van der Waals surface area contributed by atoms with E-state index >= 15 is 0 Å². The molecule has 1 aliphatic heterocycles. The number of amides is 1. The highest BCUT2D eigenvalue weighted by atomic mass is 16.5. The number of fused-ring (bicyclic) bond motifs is 1. The number of morpholine rings is 1. The molecule has 1 amide bonds. The zero-order chi connectivity index (χ0) is 24.2. The van der Waals surface area contributed by atoms with E-state index in [0.717, 1.165) is 20.9 Å². The van der Waals surface area contributed by atoms with Crippen molar-refractivity contribution in [3.8, 4) is 0 Å². The van der Waals surface area contributed by atoms with Crippen molar-refractivity contribution in [2.24, 2.45) is 0 Å². The minimum atomic E-state index is -0.574. The molecule has 34 heavy (non-hydrogen) atoms. The van der Waals surface area contributed by atoms with Crippen LogP contribution in [0, 0.1) is 0 Å². The molecule has 0 spiro atoms. The van der Waals surface area contributed by atoms with Gasteiger partial charge in [0.25, 0.3) is 5.56 Å². The van der Waals surface area contributed by atoms with Gasteiger partial charge in [-0.15, -0.1) is 0 Å². The van der Waals surface area contributed by atoms with Crippen LogP contribution in [0.5, 0.6) is 0 Å². The third-order valence-electron chi connectivity index (χ3n) is 6.17. The first kappa shape index (κ1) is 23.6. The van der Waals surface area contributed by atoms with E-state index in [1.807, 2.05) is 61.2 Å². The fourth-order valence-electron chi connectivity index (χ4n) is 4.36. The Morgan fingerprint density at radius 2 is 1.79 bits per heavy atom. The summed E-state index contributed by atoms with van der Waals surface area (Å²) in [5, 5.41) is 5.11. The van der Waals surface area contributed by atoms with Gasteiger partial charge in [0.1, 0.15) is 18.1 Å². The monoisotopic (exact) mass is 465 g/mol.